The molecule has 1 fully saturated rings. The smallest absolute Gasteiger partial charge is 0.119 e. The lowest BCUT2D eigenvalue weighted by Gasteiger charge is -2.25. The molecular formula is C19H24N4O. The van der Waals surface area contributed by atoms with E-state index >= 15 is 0 Å². The van der Waals surface area contributed by atoms with Crippen LogP contribution in [-0.4, -0.2) is 34.4 Å². The molecule has 126 valence electrons. The Kier molecular flexibility index (Phi) is 4.86. The van der Waals surface area contributed by atoms with E-state index in [0.717, 1.165) is 24.5 Å². The van der Waals surface area contributed by atoms with Crippen molar-refractivity contribution in [2.75, 3.05) is 19.7 Å². The molecule has 0 amide bonds. The molecule has 1 aliphatic heterocycles. The number of aryl methyl sites for hydroxylation is 2. The molecule has 0 radical (unpaired) electrons. The van der Waals surface area contributed by atoms with Crippen LogP contribution >= 0.6 is 0 Å². The lowest BCUT2D eigenvalue weighted by Crippen LogP contribution is -2.28. The molecule has 2 heterocycles. The standard InChI is InChI=1S/C19H24N4O/c1-14-19(15(2)22(3)21-14)18-5-4-10-23(18)11-12-24-17-8-6-16(13-20)7-9-17/h6-9,18H,4-5,10-12H2,1-3H3/t18-/m1/s1. The van der Waals surface area contributed by atoms with Gasteiger partial charge < -0.3 is 4.74 Å². The molecule has 0 N–H and O–H groups in total. The Morgan fingerprint density at radius 3 is 2.67 bits per heavy atom. The van der Waals surface area contributed by atoms with Crippen molar-refractivity contribution in [1.82, 2.24) is 14.7 Å². The van der Waals surface area contributed by atoms with Crippen LogP contribution < -0.4 is 4.74 Å². The second-order valence-electron chi connectivity index (χ2n) is 6.39. The van der Waals surface area contributed by atoms with Gasteiger partial charge in [-0.15, -0.1) is 0 Å². The minimum absolute atomic E-state index is 0.447. The monoisotopic (exact) mass is 324 g/mol. The fourth-order valence-corrected chi connectivity index (χ4v) is 3.60. The van der Waals surface area contributed by atoms with Crippen molar-refractivity contribution < 1.29 is 4.74 Å². The van der Waals surface area contributed by atoms with Gasteiger partial charge in [0.25, 0.3) is 0 Å². The molecular weight excluding hydrogens is 300 g/mol. The van der Waals surface area contributed by atoms with Crippen molar-refractivity contribution in [3.63, 3.8) is 0 Å². The number of nitriles is 1. The van der Waals surface area contributed by atoms with Crippen LogP contribution in [0.4, 0.5) is 0 Å². The first kappa shape index (κ1) is 16.5. The van der Waals surface area contributed by atoms with E-state index in [9.17, 15) is 0 Å². The average Bonchev–Trinajstić information content (AvgIpc) is 3.12. The van der Waals surface area contributed by atoms with Gasteiger partial charge in [0.15, 0.2) is 0 Å². The van der Waals surface area contributed by atoms with E-state index in [0.29, 0.717) is 18.2 Å². The maximum absolute atomic E-state index is 8.83. The molecule has 1 aliphatic rings. The Morgan fingerprint density at radius 2 is 2.04 bits per heavy atom. The van der Waals surface area contributed by atoms with Gasteiger partial charge in [-0.25, -0.2) is 0 Å². The van der Waals surface area contributed by atoms with Crippen LogP contribution in [0.15, 0.2) is 24.3 Å². The fourth-order valence-electron chi connectivity index (χ4n) is 3.60. The number of hydrogen-bond donors (Lipinski definition) is 0. The van der Waals surface area contributed by atoms with E-state index in [1.807, 2.05) is 23.9 Å². The van der Waals surface area contributed by atoms with Crippen LogP contribution in [0, 0.1) is 25.2 Å². The van der Waals surface area contributed by atoms with Gasteiger partial charge in [-0.05, 0) is 57.5 Å². The van der Waals surface area contributed by atoms with Crippen LogP contribution in [0.25, 0.3) is 0 Å². The summed E-state index contributed by atoms with van der Waals surface area (Å²) in [6.45, 7) is 6.92. The molecule has 1 atom stereocenters. The summed E-state index contributed by atoms with van der Waals surface area (Å²) in [6, 6.07) is 9.86. The van der Waals surface area contributed by atoms with Crippen molar-refractivity contribution in [1.29, 1.82) is 5.26 Å². The zero-order valence-electron chi connectivity index (χ0n) is 14.6. The minimum atomic E-state index is 0.447. The maximum Gasteiger partial charge on any atom is 0.119 e. The predicted octanol–water partition coefficient (Wildman–Crippen LogP) is 3.12. The Labute approximate surface area is 143 Å². The Balaban J connectivity index is 1.61. The number of rotatable bonds is 5. The third-order valence-corrected chi connectivity index (χ3v) is 4.89. The normalized spacial score (nSPS) is 17.8. The van der Waals surface area contributed by atoms with Gasteiger partial charge in [-0.3, -0.25) is 9.58 Å². The predicted molar refractivity (Wildman–Crippen MR) is 92.9 cm³/mol. The van der Waals surface area contributed by atoms with Crippen LogP contribution in [0.5, 0.6) is 5.75 Å². The molecule has 0 unspecified atom stereocenters. The van der Waals surface area contributed by atoms with Gasteiger partial charge >= 0.3 is 0 Å². The van der Waals surface area contributed by atoms with E-state index in [4.69, 9.17) is 10.00 Å². The number of aromatic nitrogens is 2. The summed E-state index contributed by atoms with van der Waals surface area (Å²) in [7, 11) is 2.01. The highest BCUT2D eigenvalue weighted by atomic mass is 16.5. The van der Waals surface area contributed by atoms with E-state index < -0.39 is 0 Å². The van der Waals surface area contributed by atoms with Gasteiger partial charge in [-0.2, -0.15) is 10.4 Å². The van der Waals surface area contributed by atoms with Crippen molar-refractivity contribution in [3.05, 3.63) is 46.8 Å². The maximum atomic E-state index is 8.83. The third kappa shape index (κ3) is 3.29. The Bertz CT molecular complexity index is 742. The van der Waals surface area contributed by atoms with Crippen LogP contribution in [0.1, 0.15) is 41.4 Å². The Hall–Kier alpha value is -2.32. The molecule has 5 heteroatoms. The van der Waals surface area contributed by atoms with Gasteiger partial charge in [-0.1, -0.05) is 0 Å². The minimum Gasteiger partial charge on any atom is -0.492 e. The van der Waals surface area contributed by atoms with Crippen LogP contribution in [-0.2, 0) is 7.05 Å². The molecule has 3 rings (SSSR count). The summed E-state index contributed by atoms with van der Waals surface area (Å²) in [5, 5.41) is 13.4. The van der Waals surface area contributed by atoms with Crippen molar-refractivity contribution in [3.8, 4) is 11.8 Å². The van der Waals surface area contributed by atoms with Crippen molar-refractivity contribution in [2.24, 2.45) is 7.05 Å². The number of ether oxygens (including phenoxy) is 1. The second-order valence-corrected chi connectivity index (χ2v) is 6.39. The number of benzene rings is 1. The summed E-state index contributed by atoms with van der Waals surface area (Å²) in [5.74, 6) is 0.818. The number of nitrogens with zero attached hydrogens (tertiary/aromatic N) is 4. The molecule has 0 spiro atoms. The zero-order chi connectivity index (χ0) is 17.1. The highest BCUT2D eigenvalue weighted by molar-refractivity contribution is 5.34. The fraction of sp³-hybridized carbons (Fsp3) is 0.474. The third-order valence-electron chi connectivity index (χ3n) is 4.89. The van der Waals surface area contributed by atoms with Crippen LogP contribution in [0.2, 0.25) is 0 Å². The molecule has 24 heavy (non-hydrogen) atoms. The zero-order valence-corrected chi connectivity index (χ0v) is 14.6. The molecule has 1 aromatic carbocycles. The second kappa shape index (κ2) is 7.06. The highest BCUT2D eigenvalue weighted by Crippen LogP contribution is 2.35. The SMILES string of the molecule is Cc1nn(C)c(C)c1[C@H]1CCCN1CCOc1ccc(C#N)cc1. The molecule has 1 saturated heterocycles. The molecule has 0 aliphatic carbocycles. The van der Waals surface area contributed by atoms with E-state index in [1.54, 1.807) is 12.1 Å². The van der Waals surface area contributed by atoms with E-state index in [1.165, 1.54) is 24.1 Å². The van der Waals surface area contributed by atoms with Crippen molar-refractivity contribution in [2.45, 2.75) is 32.7 Å². The average molecular weight is 324 g/mol. The van der Waals surface area contributed by atoms with Crippen LogP contribution in [0.3, 0.4) is 0 Å². The summed E-state index contributed by atoms with van der Waals surface area (Å²) < 4.78 is 7.83. The molecule has 0 saturated carbocycles. The lowest BCUT2D eigenvalue weighted by atomic mass is 10.0. The lowest BCUT2D eigenvalue weighted by molar-refractivity contribution is 0.197. The Morgan fingerprint density at radius 1 is 1.29 bits per heavy atom. The summed E-state index contributed by atoms with van der Waals surface area (Å²) >= 11 is 0. The van der Waals surface area contributed by atoms with Gasteiger partial charge in [0.1, 0.15) is 12.4 Å². The quantitative estimate of drug-likeness (QED) is 0.848. The molecule has 1 aromatic heterocycles. The first-order valence-corrected chi connectivity index (χ1v) is 8.47. The van der Waals surface area contributed by atoms with Gasteiger partial charge in [0, 0.05) is 30.9 Å². The number of hydrogen-bond acceptors (Lipinski definition) is 4. The molecule has 0 bridgehead atoms. The summed E-state index contributed by atoms with van der Waals surface area (Å²) in [5.41, 5.74) is 4.44. The topological polar surface area (TPSA) is 54.1 Å². The van der Waals surface area contributed by atoms with E-state index in [-0.39, 0.29) is 0 Å². The molecule has 2 aromatic rings. The first-order valence-electron chi connectivity index (χ1n) is 8.47. The van der Waals surface area contributed by atoms with E-state index in [2.05, 4.69) is 29.9 Å². The molecule has 5 nitrogen and oxygen atoms in total. The first-order chi connectivity index (χ1) is 11.6. The summed E-state index contributed by atoms with van der Waals surface area (Å²) in [4.78, 5) is 2.50. The van der Waals surface area contributed by atoms with Gasteiger partial charge in [0.2, 0.25) is 0 Å². The highest BCUT2D eigenvalue weighted by Gasteiger charge is 2.30. The van der Waals surface area contributed by atoms with Crippen molar-refractivity contribution >= 4 is 0 Å². The van der Waals surface area contributed by atoms with Gasteiger partial charge in [0.05, 0.1) is 17.3 Å². The largest absolute Gasteiger partial charge is 0.492 e. The summed E-state index contributed by atoms with van der Waals surface area (Å²) in [6.07, 6.45) is 2.40. The number of likely N-dealkylation sites (tertiary alicyclic amines) is 1.